The fourth-order valence-electron chi connectivity index (χ4n) is 4.21. The Morgan fingerprint density at radius 1 is 1.28 bits per heavy atom. The maximum atomic E-state index is 12.7. The maximum absolute atomic E-state index is 12.7. The van der Waals surface area contributed by atoms with E-state index in [2.05, 4.69) is 12.2 Å². The molecule has 2 rings (SSSR count). The molecule has 0 bridgehead atoms. The van der Waals surface area contributed by atoms with Crippen LogP contribution >= 0.6 is 0 Å². The van der Waals surface area contributed by atoms with Crippen LogP contribution in [0.4, 0.5) is 0 Å². The second kappa shape index (κ2) is 7.76. The lowest BCUT2D eigenvalue weighted by molar-refractivity contribution is -0.173. The van der Waals surface area contributed by atoms with E-state index in [1.54, 1.807) is 0 Å². The number of carboxylic acids is 1. The summed E-state index contributed by atoms with van der Waals surface area (Å²) < 4.78 is 5.95. The lowest BCUT2D eigenvalue weighted by Crippen LogP contribution is -2.49. The van der Waals surface area contributed by atoms with Gasteiger partial charge in [-0.25, -0.2) is 0 Å². The zero-order valence-corrected chi connectivity index (χ0v) is 16.1. The first-order chi connectivity index (χ1) is 11.7. The lowest BCUT2D eigenvalue weighted by atomic mass is 9.61. The topological polar surface area (TPSA) is 63.6 Å². The van der Waals surface area contributed by atoms with Crippen molar-refractivity contribution in [3.8, 4) is 0 Å². The van der Waals surface area contributed by atoms with E-state index in [1.807, 2.05) is 46.8 Å². The molecule has 6 atom stereocenters. The Kier molecular flexibility index (Phi) is 6.12. The van der Waals surface area contributed by atoms with Gasteiger partial charge in [-0.2, -0.15) is 0 Å². The summed E-state index contributed by atoms with van der Waals surface area (Å²) in [7, 11) is 0. The van der Waals surface area contributed by atoms with Crippen LogP contribution in [0.2, 0.25) is 0 Å². The molecule has 1 fully saturated rings. The normalized spacial score (nSPS) is 35.4. The van der Waals surface area contributed by atoms with Crippen molar-refractivity contribution in [2.45, 2.75) is 60.0 Å². The predicted octanol–water partition coefficient (Wildman–Crippen LogP) is 4.46. The Hall–Kier alpha value is -1.58. The minimum Gasteiger partial charge on any atom is -0.481 e. The van der Waals surface area contributed by atoms with Crippen molar-refractivity contribution >= 4 is 11.9 Å². The van der Waals surface area contributed by atoms with Crippen molar-refractivity contribution in [3.63, 3.8) is 0 Å². The van der Waals surface area contributed by atoms with Gasteiger partial charge in [-0.15, -0.1) is 0 Å². The van der Waals surface area contributed by atoms with E-state index >= 15 is 0 Å². The monoisotopic (exact) mass is 348 g/mol. The second-order valence-electron chi connectivity index (χ2n) is 8.29. The number of carbonyl (C=O) groups excluding carboxylic acids is 1. The Morgan fingerprint density at radius 2 is 1.96 bits per heavy atom. The summed E-state index contributed by atoms with van der Waals surface area (Å²) in [4.78, 5) is 24.6. The van der Waals surface area contributed by atoms with Gasteiger partial charge in [0.05, 0.1) is 11.3 Å². The fraction of sp³-hybridized carbons (Fsp3) is 0.714. The number of esters is 1. The summed E-state index contributed by atoms with van der Waals surface area (Å²) >= 11 is 0. The predicted molar refractivity (Wildman–Crippen MR) is 97.9 cm³/mol. The van der Waals surface area contributed by atoms with Crippen molar-refractivity contribution in [1.82, 2.24) is 0 Å². The van der Waals surface area contributed by atoms with E-state index in [1.165, 1.54) is 0 Å². The van der Waals surface area contributed by atoms with E-state index in [0.29, 0.717) is 18.8 Å². The van der Waals surface area contributed by atoms with Crippen LogP contribution in [0.3, 0.4) is 0 Å². The van der Waals surface area contributed by atoms with Gasteiger partial charge < -0.3 is 9.84 Å². The summed E-state index contributed by atoms with van der Waals surface area (Å²) in [6, 6.07) is 0. The van der Waals surface area contributed by atoms with E-state index in [-0.39, 0.29) is 29.8 Å². The minimum atomic E-state index is -0.785. The third-order valence-corrected chi connectivity index (χ3v) is 6.12. The number of ether oxygens (including phenoxy) is 1. The largest absolute Gasteiger partial charge is 0.481 e. The molecule has 4 nitrogen and oxygen atoms in total. The van der Waals surface area contributed by atoms with Gasteiger partial charge in [-0.05, 0) is 57.8 Å². The summed E-state index contributed by atoms with van der Waals surface area (Å²) in [5.74, 6) is -1.22. The van der Waals surface area contributed by atoms with Crippen molar-refractivity contribution < 1.29 is 19.4 Å². The molecule has 0 aromatic rings. The van der Waals surface area contributed by atoms with Gasteiger partial charge in [0.2, 0.25) is 0 Å². The Morgan fingerprint density at radius 3 is 2.52 bits per heavy atom. The zero-order valence-electron chi connectivity index (χ0n) is 16.1. The summed E-state index contributed by atoms with van der Waals surface area (Å²) in [6.07, 6.45) is 10.3. The molecule has 2 aliphatic carbocycles. The third kappa shape index (κ3) is 4.16. The van der Waals surface area contributed by atoms with Gasteiger partial charge in [0.1, 0.15) is 6.10 Å². The first-order valence-corrected chi connectivity index (χ1v) is 9.46. The van der Waals surface area contributed by atoms with Crippen LogP contribution in [-0.4, -0.2) is 23.1 Å². The SMILES string of the molecule is C/C=C/[C@@H]1C[C@H](OC(=O)C(C)(C)CC)[C@@H]2[C@@H](C(=O)O)[C@@H](C)C=C[C@H]2C1. The third-order valence-electron chi connectivity index (χ3n) is 6.12. The van der Waals surface area contributed by atoms with Gasteiger partial charge in [0, 0.05) is 5.92 Å². The average Bonchev–Trinajstić information content (AvgIpc) is 2.55. The highest BCUT2D eigenvalue weighted by atomic mass is 16.5. The number of carboxylic acid groups (broad SMARTS) is 1. The van der Waals surface area contributed by atoms with Gasteiger partial charge in [-0.3, -0.25) is 9.59 Å². The van der Waals surface area contributed by atoms with Crippen LogP contribution < -0.4 is 0 Å². The van der Waals surface area contributed by atoms with Gasteiger partial charge in [0.15, 0.2) is 0 Å². The molecule has 140 valence electrons. The second-order valence-corrected chi connectivity index (χ2v) is 8.29. The van der Waals surface area contributed by atoms with Crippen LogP contribution in [0.15, 0.2) is 24.3 Å². The standard InChI is InChI=1S/C21H32O4/c1-6-8-14-11-15-10-9-13(3)17(19(22)23)18(15)16(12-14)25-20(24)21(4,5)7-2/h6,8-10,13-18H,7,11-12H2,1-5H3,(H,22,23)/b8-6+/t13-,14-,15-,16-,17-,18+/m0/s1. The van der Waals surface area contributed by atoms with Crippen LogP contribution in [0.5, 0.6) is 0 Å². The lowest BCUT2D eigenvalue weighted by Gasteiger charge is -2.46. The van der Waals surface area contributed by atoms with Crippen LogP contribution in [0.1, 0.15) is 53.9 Å². The molecule has 0 aliphatic heterocycles. The number of rotatable bonds is 5. The quantitative estimate of drug-likeness (QED) is 0.588. The molecule has 0 spiro atoms. The Balaban J connectivity index is 2.33. The van der Waals surface area contributed by atoms with E-state index in [9.17, 15) is 14.7 Å². The molecule has 2 aliphatic rings. The van der Waals surface area contributed by atoms with Crippen molar-refractivity contribution in [3.05, 3.63) is 24.3 Å². The molecular weight excluding hydrogens is 316 g/mol. The molecular formula is C21H32O4. The van der Waals surface area contributed by atoms with Crippen LogP contribution in [0.25, 0.3) is 0 Å². The summed E-state index contributed by atoms with van der Waals surface area (Å²) in [5.41, 5.74) is -0.544. The molecule has 0 radical (unpaired) electrons. The van der Waals surface area contributed by atoms with Gasteiger partial charge in [0.25, 0.3) is 0 Å². The molecule has 0 aromatic heterocycles. The highest BCUT2D eigenvalue weighted by molar-refractivity contribution is 5.76. The van der Waals surface area contributed by atoms with Gasteiger partial charge in [-0.1, -0.05) is 38.2 Å². The first kappa shape index (κ1) is 19.7. The molecule has 1 saturated carbocycles. The number of allylic oxidation sites excluding steroid dienone is 4. The summed E-state index contributed by atoms with van der Waals surface area (Å²) in [5, 5.41) is 9.79. The fourth-order valence-corrected chi connectivity index (χ4v) is 4.21. The van der Waals surface area contributed by atoms with Crippen LogP contribution in [0, 0.1) is 35.0 Å². The number of hydrogen-bond donors (Lipinski definition) is 1. The van der Waals surface area contributed by atoms with E-state index < -0.39 is 17.3 Å². The Labute approximate surface area is 151 Å². The highest BCUT2D eigenvalue weighted by Crippen LogP contribution is 2.47. The van der Waals surface area contributed by atoms with Crippen LogP contribution in [-0.2, 0) is 14.3 Å². The number of hydrogen-bond acceptors (Lipinski definition) is 3. The molecule has 0 aromatic carbocycles. The minimum absolute atomic E-state index is 0.0441. The molecule has 4 heteroatoms. The molecule has 0 unspecified atom stereocenters. The van der Waals surface area contributed by atoms with Crippen molar-refractivity contribution in [2.75, 3.05) is 0 Å². The number of carbonyl (C=O) groups is 2. The first-order valence-electron chi connectivity index (χ1n) is 9.46. The molecule has 0 heterocycles. The van der Waals surface area contributed by atoms with E-state index in [0.717, 1.165) is 6.42 Å². The molecule has 25 heavy (non-hydrogen) atoms. The smallest absolute Gasteiger partial charge is 0.311 e. The number of fused-ring (bicyclic) bond motifs is 1. The average molecular weight is 348 g/mol. The van der Waals surface area contributed by atoms with Crippen molar-refractivity contribution in [1.29, 1.82) is 0 Å². The molecule has 0 amide bonds. The van der Waals surface area contributed by atoms with Crippen molar-refractivity contribution in [2.24, 2.45) is 35.0 Å². The van der Waals surface area contributed by atoms with Gasteiger partial charge >= 0.3 is 11.9 Å². The molecule has 0 saturated heterocycles. The zero-order chi connectivity index (χ0) is 18.8. The highest BCUT2D eigenvalue weighted by Gasteiger charge is 2.49. The van der Waals surface area contributed by atoms with E-state index in [4.69, 9.17) is 4.74 Å². The molecule has 1 N–H and O–H groups in total. The summed E-state index contributed by atoms with van der Waals surface area (Å²) in [6.45, 7) is 9.68. The number of aliphatic carboxylic acids is 1. The maximum Gasteiger partial charge on any atom is 0.311 e. The Bertz CT molecular complexity index is 560.